The third kappa shape index (κ3) is 2.48. The molecule has 1 aromatic carbocycles. The number of hydrogen-bond donors (Lipinski definition) is 1. The summed E-state index contributed by atoms with van der Waals surface area (Å²) in [5.41, 5.74) is 4.11. The van der Waals surface area contributed by atoms with Crippen LogP contribution in [0.5, 0.6) is 5.75 Å². The van der Waals surface area contributed by atoms with E-state index in [1.54, 1.807) is 7.11 Å². The zero-order valence-electron chi connectivity index (χ0n) is 11.6. The monoisotopic (exact) mass is 279 g/mol. The van der Waals surface area contributed by atoms with E-state index in [9.17, 15) is 0 Å². The molecule has 1 saturated heterocycles. The van der Waals surface area contributed by atoms with Crippen LogP contribution in [0, 0.1) is 0 Å². The summed E-state index contributed by atoms with van der Waals surface area (Å²) in [4.78, 5) is 0. The van der Waals surface area contributed by atoms with Gasteiger partial charge in [0.1, 0.15) is 5.75 Å². The lowest BCUT2D eigenvalue weighted by molar-refractivity contribution is 0.391. The van der Waals surface area contributed by atoms with Gasteiger partial charge >= 0.3 is 0 Å². The first-order valence-corrected chi connectivity index (χ1v) is 7.78. The Morgan fingerprint density at radius 3 is 2.84 bits per heavy atom. The highest BCUT2D eigenvalue weighted by atomic mass is 35.5. The van der Waals surface area contributed by atoms with Crippen LogP contribution < -0.4 is 10.1 Å². The molecule has 1 unspecified atom stereocenters. The molecule has 1 aliphatic carbocycles. The SMILES string of the molecule is COc1c(C2CCCNC2)cc2c(c1Cl)CCCC2. The predicted molar refractivity (Wildman–Crippen MR) is 79.5 cm³/mol. The van der Waals surface area contributed by atoms with Gasteiger partial charge in [0, 0.05) is 18.0 Å². The number of benzene rings is 1. The van der Waals surface area contributed by atoms with Gasteiger partial charge in [-0.1, -0.05) is 17.7 Å². The van der Waals surface area contributed by atoms with Gasteiger partial charge in [-0.05, 0) is 56.2 Å². The van der Waals surface area contributed by atoms with Crippen molar-refractivity contribution in [2.45, 2.75) is 44.4 Å². The number of piperidine rings is 1. The van der Waals surface area contributed by atoms with Crippen molar-refractivity contribution < 1.29 is 4.74 Å². The number of fused-ring (bicyclic) bond motifs is 1. The van der Waals surface area contributed by atoms with Crippen molar-refractivity contribution in [1.82, 2.24) is 5.32 Å². The molecule has 104 valence electrons. The van der Waals surface area contributed by atoms with Crippen LogP contribution in [0.4, 0.5) is 0 Å². The van der Waals surface area contributed by atoms with Gasteiger partial charge in [0.25, 0.3) is 0 Å². The summed E-state index contributed by atoms with van der Waals surface area (Å²) in [6, 6.07) is 2.37. The molecule has 0 radical (unpaired) electrons. The maximum atomic E-state index is 6.61. The van der Waals surface area contributed by atoms with Gasteiger partial charge in [-0.3, -0.25) is 0 Å². The Labute approximate surface area is 120 Å². The van der Waals surface area contributed by atoms with Crippen LogP contribution >= 0.6 is 11.6 Å². The smallest absolute Gasteiger partial charge is 0.141 e. The zero-order chi connectivity index (χ0) is 13.2. The van der Waals surface area contributed by atoms with E-state index in [2.05, 4.69) is 11.4 Å². The van der Waals surface area contributed by atoms with E-state index in [0.717, 1.165) is 30.3 Å². The molecule has 0 amide bonds. The second kappa shape index (κ2) is 5.72. The molecule has 3 rings (SSSR count). The number of methoxy groups -OCH3 is 1. The van der Waals surface area contributed by atoms with Gasteiger partial charge in [0.15, 0.2) is 0 Å². The Balaban J connectivity index is 2.04. The van der Waals surface area contributed by atoms with E-state index in [0.29, 0.717) is 5.92 Å². The average Bonchev–Trinajstić information content (AvgIpc) is 2.48. The summed E-state index contributed by atoms with van der Waals surface area (Å²) in [5.74, 6) is 1.48. The summed E-state index contributed by atoms with van der Waals surface area (Å²) in [6.07, 6.45) is 7.29. The van der Waals surface area contributed by atoms with Crippen LogP contribution in [0.3, 0.4) is 0 Å². The minimum Gasteiger partial charge on any atom is -0.495 e. The Hall–Kier alpha value is -0.730. The fraction of sp³-hybridized carbons (Fsp3) is 0.625. The van der Waals surface area contributed by atoms with Crippen LogP contribution in [0.15, 0.2) is 6.07 Å². The molecule has 1 aliphatic heterocycles. The van der Waals surface area contributed by atoms with E-state index in [1.807, 2.05) is 0 Å². The normalized spacial score (nSPS) is 22.9. The van der Waals surface area contributed by atoms with Crippen molar-refractivity contribution in [2.24, 2.45) is 0 Å². The molecule has 0 aromatic heterocycles. The Bertz CT molecular complexity index is 466. The Morgan fingerprint density at radius 2 is 2.11 bits per heavy atom. The summed E-state index contributed by atoms with van der Waals surface area (Å²) in [6.45, 7) is 2.18. The second-order valence-electron chi connectivity index (χ2n) is 5.70. The standard InChI is InChI=1S/C16H22ClNO/c1-19-16-14(12-6-4-8-18-10-12)9-11-5-2-3-7-13(11)15(16)17/h9,12,18H,2-8,10H2,1H3. The number of nitrogens with one attached hydrogen (secondary N) is 1. The summed E-state index contributed by atoms with van der Waals surface area (Å²) in [7, 11) is 1.75. The van der Waals surface area contributed by atoms with E-state index < -0.39 is 0 Å². The van der Waals surface area contributed by atoms with Crippen molar-refractivity contribution in [3.63, 3.8) is 0 Å². The quantitative estimate of drug-likeness (QED) is 0.891. The summed E-state index contributed by atoms with van der Waals surface area (Å²) in [5, 5.41) is 4.36. The van der Waals surface area contributed by atoms with Crippen LogP contribution in [-0.2, 0) is 12.8 Å². The fourth-order valence-electron chi connectivity index (χ4n) is 3.48. The van der Waals surface area contributed by atoms with E-state index in [4.69, 9.17) is 16.3 Å². The number of ether oxygens (including phenoxy) is 1. The van der Waals surface area contributed by atoms with Crippen molar-refractivity contribution in [3.8, 4) is 5.75 Å². The first kappa shape index (κ1) is 13.3. The molecule has 0 bridgehead atoms. The molecule has 2 nitrogen and oxygen atoms in total. The number of rotatable bonds is 2. The highest BCUT2D eigenvalue weighted by Gasteiger charge is 2.25. The molecule has 1 aromatic rings. The number of halogens is 1. The topological polar surface area (TPSA) is 21.3 Å². The average molecular weight is 280 g/mol. The lowest BCUT2D eigenvalue weighted by atomic mass is 9.84. The highest BCUT2D eigenvalue weighted by molar-refractivity contribution is 6.33. The first-order valence-electron chi connectivity index (χ1n) is 7.40. The highest BCUT2D eigenvalue weighted by Crippen LogP contribution is 2.42. The summed E-state index contributed by atoms with van der Waals surface area (Å²) < 4.78 is 5.64. The van der Waals surface area contributed by atoms with Crippen molar-refractivity contribution in [3.05, 3.63) is 27.8 Å². The maximum absolute atomic E-state index is 6.61. The molecule has 1 atom stereocenters. The number of aryl methyl sites for hydroxylation is 1. The molecule has 19 heavy (non-hydrogen) atoms. The Morgan fingerprint density at radius 1 is 1.26 bits per heavy atom. The first-order chi connectivity index (χ1) is 9.31. The minimum absolute atomic E-state index is 0.549. The van der Waals surface area contributed by atoms with E-state index >= 15 is 0 Å². The minimum atomic E-state index is 0.549. The van der Waals surface area contributed by atoms with Gasteiger partial charge < -0.3 is 10.1 Å². The third-order valence-corrected chi connectivity index (χ3v) is 4.91. The van der Waals surface area contributed by atoms with Crippen LogP contribution in [-0.4, -0.2) is 20.2 Å². The van der Waals surface area contributed by atoms with Gasteiger partial charge in [0.05, 0.1) is 12.1 Å². The van der Waals surface area contributed by atoms with Crippen LogP contribution in [0.25, 0.3) is 0 Å². The number of hydrogen-bond acceptors (Lipinski definition) is 2. The molecule has 3 heteroatoms. The molecule has 1 fully saturated rings. The van der Waals surface area contributed by atoms with E-state index in [-0.39, 0.29) is 0 Å². The molecule has 0 spiro atoms. The molecule has 2 aliphatic rings. The Kier molecular flexibility index (Phi) is 3.99. The van der Waals surface area contributed by atoms with Gasteiger partial charge in [-0.2, -0.15) is 0 Å². The zero-order valence-corrected chi connectivity index (χ0v) is 12.4. The molecule has 0 saturated carbocycles. The maximum Gasteiger partial charge on any atom is 0.141 e. The van der Waals surface area contributed by atoms with Crippen molar-refractivity contribution >= 4 is 11.6 Å². The van der Waals surface area contributed by atoms with Crippen molar-refractivity contribution in [1.29, 1.82) is 0 Å². The molecular formula is C16H22ClNO. The lowest BCUT2D eigenvalue weighted by Crippen LogP contribution is -2.28. The predicted octanol–water partition coefficient (Wildman–Crippen LogP) is 3.69. The lowest BCUT2D eigenvalue weighted by Gasteiger charge is -2.28. The molecular weight excluding hydrogens is 258 g/mol. The van der Waals surface area contributed by atoms with Crippen LogP contribution in [0.2, 0.25) is 5.02 Å². The van der Waals surface area contributed by atoms with E-state index in [1.165, 1.54) is 48.8 Å². The van der Waals surface area contributed by atoms with Gasteiger partial charge in [0.2, 0.25) is 0 Å². The van der Waals surface area contributed by atoms with Gasteiger partial charge in [-0.25, -0.2) is 0 Å². The van der Waals surface area contributed by atoms with Crippen molar-refractivity contribution in [2.75, 3.05) is 20.2 Å². The second-order valence-corrected chi connectivity index (χ2v) is 6.08. The molecule has 1 N–H and O–H groups in total. The largest absolute Gasteiger partial charge is 0.495 e. The fourth-order valence-corrected chi connectivity index (χ4v) is 3.89. The van der Waals surface area contributed by atoms with Gasteiger partial charge in [-0.15, -0.1) is 0 Å². The molecule has 1 heterocycles. The third-order valence-electron chi connectivity index (χ3n) is 4.51. The van der Waals surface area contributed by atoms with Crippen LogP contribution in [0.1, 0.15) is 48.3 Å². The summed E-state index contributed by atoms with van der Waals surface area (Å²) >= 11 is 6.61.